The summed E-state index contributed by atoms with van der Waals surface area (Å²) in [5.41, 5.74) is 3.66. The molecule has 1 aromatic heterocycles. The molecule has 0 amide bonds. The van der Waals surface area contributed by atoms with Crippen molar-refractivity contribution in [3.8, 4) is 0 Å². The summed E-state index contributed by atoms with van der Waals surface area (Å²) in [5.74, 6) is 6.99. The third-order valence-corrected chi connectivity index (χ3v) is 3.27. The molecule has 18 heavy (non-hydrogen) atoms. The molecule has 0 atom stereocenters. The first-order valence-electron chi connectivity index (χ1n) is 6.62. The normalized spacial score (nSPS) is 16.8. The summed E-state index contributed by atoms with van der Waals surface area (Å²) in [6.07, 6.45) is 3.74. The zero-order chi connectivity index (χ0) is 13.2. The molecule has 5 nitrogen and oxygen atoms in total. The fourth-order valence-electron chi connectivity index (χ4n) is 2.13. The lowest BCUT2D eigenvalue weighted by Crippen LogP contribution is -2.32. The Morgan fingerprint density at radius 1 is 1.17 bits per heavy atom. The van der Waals surface area contributed by atoms with Gasteiger partial charge in [-0.1, -0.05) is 20.8 Å². The van der Waals surface area contributed by atoms with E-state index in [1.54, 1.807) is 0 Å². The number of anilines is 2. The van der Waals surface area contributed by atoms with Gasteiger partial charge < -0.3 is 10.3 Å². The molecule has 1 saturated heterocycles. The van der Waals surface area contributed by atoms with Gasteiger partial charge in [0.2, 0.25) is 5.95 Å². The lowest BCUT2D eigenvalue weighted by molar-refractivity contribution is 0.548. The molecule has 0 saturated carbocycles. The van der Waals surface area contributed by atoms with Gasteiger partial charge in [0.1, 0.15) is 5.82 Å². The summed E-state index contributed by atoms with van der Waals surface area (Å²) >= 11 is 0. The van der Waals surface area contributed by atoms with Crippen LogP contribution in [0.25, 0.3) is 0 Å². The van der Waals surface area contributed by atoms with Crippen LogP contribution < -0.4 is 16.2 Å². The Kier molecular flexibility index (Phi) is 3.71. The molecule has 0 aromatic carbocycles. The Morgan fingerprint density at radius 3 is 2.39 bits per heavy atom. The molecule has 0 unspecified atom stereocenters. The van der Waals surface area contributed by atoms with E-state index in [9.17, 15) is 0 Å². The van der Waals surface area contributed by atoms with Gasteiger partial charge in [-0.25, -0.2) is 10.8 Å². The first-order chi connectivity index (χ1) is 8.50. The molecule has 0 aliphatic carbocycles. The van der Waals surface area contributed by atoms with Crippen LogP contribution in [0.2, 0.25) is 0 Å². The smallest absolute Gasteiger partial charge is 0.227 e. The first kappa shape index (κ1) is 13.1. The van der Waals surface area contributed by atoms with Crippen molar-refractivity contribution in [3.05, 3.63) is 11.8 Å². The maximum Gasteiger partial charge on any atom is 0.227 e. The molecule has 3 N–H and O–H groups in total. The molecule has 1 aromatic rings. The molecule has 1 aliphatic heterocycles. The lowest BCUT2D eigenvalue weighted by atomic mass is 9.92. The summed E-state index contributed by atoms with van der Waals surface area (Å²) in [6, 6.07) is 1.92. The van der Waals surface area contributed by atoms with Crippen LogP contribution in [-0.4, -0.2) is 23.1 Å². The number of nitrogens with zero attached hydrogens (tertiary/aromatic N) is 3. The van der Waals surface area contributed by atoms with E-state index < -0.39 is 0 Å². The molecule has 0 spiro atoms. The van der Waals surface area contributed by atoms with Gasteiger partial charge >= 0.3 is 0 Å². The fourth-order valence-corrected chi connectivity index (χ4v) is 2.13. The first-order valence-corrected chi connectivity index (χ1v) is 6.62. The van der Waals surface area contributed by atoms with E-state index in [4.69, 9.17) is 10.8 Å². The number of hydrogen-bond acceptors (Lipinski definition) is 5. The predicted octanol–water partition coefficient (Wildman–Crippen LogP) is 2.05. The Balaban J connectivity index is 2.34. The predicted molar refractivity (Wildman–Crippen MR) is 74.6 cm³/mol. The van der Waals surface area contributed by atoms with Gasteiger partial charge in [-0.15, -0.1) is 0 Å². The third-order valence-electron chi connectivity index (χ3n) is 3.27. The number of nitrogen functional groups attached to an aromatic ring is 1. The van der Waals surface area contributed by atoms with Crippen LogP contribution >= 0.6 is 0 Å². The molecule has 2 rings (SSSR count). The van der Waals surface area contributed by atoms with Crippen molar-refractivity contribution in [2.24, 2.45) is 5.84 Å². The summed E-state index contributed by atoms with van der Waals surface area (Å²) < 4.78 is 0. The SMILES string of the molecule is CC(C)(C)c1cc(NN)nc(N2CCCCC2)n1. The number of nitrogens with one attached hydrogen (secondary N) is 1. The van der Waals surface area contributed by atoms with E-state index in [-0.39, 0.29) is 5.41 Å². The van der Waals surface area contributed by atoms with Crippen molar-refractivity contribution in [2.75, 3.05) is 23.4 Å². The summed E-state index contributed by atoms with van der Waals surface area (Å²) in [6.45, 7) is 8.52. The molecule has 0 bridgehead atoms. The van der Waals surface area contributed by atoms with E-state index in [1.165, 1.54) is 19.3 Å². The highest BCUT2D eigenvalue weighted by Gasteiger charge is 2.21. The van der Waals surface area contributed by atoms with Crippen molar-refractivity contribution in [1.29, 1.82) is 0 Å². The molecular weight excluding hydrogens is 226 g/mol. The van der Waals surface area contributed by atoms with E-state index in [2.05, 4.69) is 36.1 Å². The largest absolute Gasteiger partial charge is 0.341 e. The highest BCUT2D eigenvalue weighted by Crippen LogP contribution is 2.25. The number of nitrogens with two attached hydrogens (primary N) is 1. The monoisotopic (exact) mass is 249 g/mol. The molecule has 5 heteroatoms. The van der Waals surface area contributed by atoms with Crippen LogP contribution in [0.1, 0.15) is 45.7 Å². The van der Waals surface area contributed by atoms with Gasteiger partial charge in [0.05, 0.1) is 5.69 Å². The van der Waals surface area contributed by atoms with Crippen LogP contribution in [0.5, 0.6) is 0 Å². The van der Waals surface area contributed by atoms with E-state index in [0.29, 0.717) is 5.82 Å². The van der Waals surface area contributed by atoms with Crippen molar-refractivity contribution >= 4 is 11.8 Å². The van der Waals surface area contributed by atoms with Gasteiger partial charge in [-0.05, 0) is 19.3 Å². The number of piperidine rings is 1. The lowest BCUT2D eigenvalue weighted by Gasteiger charge is -2.28. The minimum Gasteiger partial charge on any atom is -0.341 e. The van der Waals surface area contributed by atoms with E-state index in [0.717, 1.165) is 24.7 Å². The van der Waals surface area contributed by atoms with Crippen LogP contribution in [0.15, 0.2) is 6.07 Å². The summed E-state index contributed by atoms with van der Waals surface area (Å²) in [5, 5.41) is 0. The highest BCUT2D eigenvalue weighted by molar-refractivity contribution is 5.44. The molecule has 0 radical (unpaired) electrons. The maximum absolute atomic E-state index is 5.50. The van der Waals surface area contributed by atoms with Crippen LogP contribution in [0, 0.1) is 0 Å². The van der Waals surface area contributed by atoms with Crippen LogP contribution in [0.4, 0.5) is 11.8 Å². The quantitative estimate of drug-likeness (QED) is 0.620. The second-order valence-electron chi connectivity index (χ2n) is 5.88. The molecular formula is C13H23N5. The number of rotatable bonds is 2. The molecule has 1 aliphatic rings. The van der Waals surface area contributed by atoms with Crippen LogP contribution in [-0.2, 0) is 5.41 Å². The van der Waals surface area contributed by atoms with Crippen molar-refractivity contribution in [2.45, 2.75) is 45.4 Å². The standard InChI is InChI=1S/C13H23N5/c1-13(2,3)10-9-11(17-14)16-12(15-10)18-7-5-4-6-8-18/h9H,4-8,14H2,1-3H3,(H,15,16,17). The minimum atomic E-state index is -0.000916. The number of hydrazine groups is 1. The Morgan fingerprint density at radius 2 is 1.83 bits per heavy atom. The number of aromatic nitrogens is 2. The third kappa shape index (κ3) is 2.90. The summed E-state index contributed by atoms with van der Waals surface area (Å²) in [7, 11) is 0. The van der Waals surface area contributed by atoms with Crippen molar-refractivity contribution in [1.82, 2.24) is 9.97 Å². The fraction of sp³-hybridized carbons (Fsp3) is 0.692. The van der Waals surface area contributed by atoms with Gasteiger partial charge in [-0.2, -0.15) is 4.98 Å². The van der Waals surface area contributed by atoms with E-state index in [1.807, 2.05) is 6.07 Å². The zero-order valence-corrected chi connectivity index (χ0v) is 11.5. The summed E-state index contributed by atoms with van der Waals surface area (Å²) in [4.78, 5) is 11.4. The molecule has 2 heterocycles. The van der Waals surface area contributed by atoms with Crippen molar-refractivity contribution < 1.29 is 0 Å². The van der Waals surface area contributed by atoms with Crippen LogP contribution in [0.3, 0.4) is 0 Å². The maximum atomic E-state index is 5.50. The van der Waals surface area contributed by atoms with Gasteiger partial charge in [0.15, 0.2) is 0 Å². The molecule has 100 valence electrons. The van der Waals surface area contributed by atoms with Gasteiger partial charge in [-0.3, -0.25) is 0 Å². The second kappa shape index (κ2) is 5.10. The highest BCUT2D eigenvalue weighted by atomic mass is 15.3. The Bertz CT molecular complexity index is 404. The topological polar surface area (TPSA) is 67.1 Å². The van der Waals surface area contributed by atoms with E-state index >= 15 is 0 Å². The average Bonchev–Trinajstić information content (AvgIpc) is 2.38. The van der Waals surface area contributed by atoms with Gasteiger partial charge in [0.25, 0.3) is 0 Å². The molecule has 1 fully saturated rings. The van der Waals surface area contributed by atoms with Crippen molar-refractivity contribution in [3.63, 3.8) is 0 Å². The zero-order valence-electron chi connectivity index (χ0n) is 11.5. The average molecular weight is 249 g/mol. The minimum absolute atomic E-state index is 0.000916. The number of hydrogen-bond donors (Lipinski definition) is 2. The second-order valence-corrected chi connectivity index (χ2v) is 5.88. The van der Waals surface area contributed by atoms with Gasteiger partial charge in [0, 0.05) is 24.6 Å². The Labute approximate surface area is 109 Å². The Hall–Kier alpha value is -1.36.